The van der Waals surface area contributed by atoms with Gasteiger partial charge < -0.3 is 9.73 Å². The average molecular weight is 273 g/mol. The Balaban J connectivity index is 1.90. The van der Waals surface area contributed by atoms with Crippen molar-refractivity contribution in [3.8, 4) is 0 Å². The van der Waals surface area contributed by atoms with Gasteiger partial charge in [0.1, 0.15) is 5.58 Å². The quantitative estimate of drug-likeness (QED) is 0.768. The lowest BCUT2D eigenvalue weighted by Crippen LogP contribution is -2.01. The van der Waals surface area contributed by atoms with Crippen molar-refractivity contribution in [2.45, 2.75) is 13.5 Å². The molecule has 3 rings (SSSR count). The molecule has 2 aromatic heterocycles. The summed E-state index contributed by atoms with van der Waals surface area (Å²) in [6.07, 6.45) is 3.59. The number of fused-ring (bicyclic) bond motifs is 1. The first-order valence-corrected chi connectivity index (χ1v) is 6.44. The lowest BCUT2D eigenvalue weighted by Gasteiger charge is -2.07. The van der Waals surface area contributed by atoms with E-state index in [1.165, 1.54) is 0 Å². The van der Waals surface area contributed by atoms with Crippen molar-refractivity contribution in [1.82, 2.24) is 4.98 Å². The summed E-state index contributed by atoms with van der Waals surface area (Å²) in [6, 6.07) is 9.81. The lowest BCUT2D eigenvalue weighted by molar-refractivity contribution is 0.613. The topological polar surface area (TPSA) is 38.1 Å². The van der Waals surface area contributed by atoms with Gasteiger partial charge in [-0.15, -0.1) is 0 Å². The van der Waals surface area contributed by atoms with E-state index in [0.717, 1.165) is 27.8 Å². The molecule has 0 saturated carbocycles. The van der Waals surface area contributed by atoms with Gasteiger partial charge in [-0.3, -0.25) is 4.98 Å². The van der Waals surface area contributed by atoms with E-state index in [1.54, 1.807) is 6.20 Å². The minimum atomic E-state index is 0.440. The Hall–Kier alpha value is -2.00. The number of aryl methyl sites for hydroxylation is 1. The minimum absolute atomic E-state index is 0.440. The summed E-state index contributed by atoms with van der Waals surface area (Å²) >= 11 is 6.15. The smallest absolute Gasteiger partial charge is 0.199 e. The van der Waals surface area contributed by atoms with Crippen LogP contribution >= 0.6 is 11.6 Å². The van der Waals surface area contributed by atoms with Crippen molar-refractivity contribution in [1.29, 1.82) is 0 Å². The monoisotopic (exact) mass is 272 g/mol. The molecule has 1 N–H and O–H groups in total. The summed E-state index contributed by atoms with van der Waals surface area (Å²) in [4.78, 5) is 4.11. The van der Waals surface area contributed by atoms with Gasteiger partial charge in [0.2, 0.25) is 0 Å². The number of benzene rings is 1. The number of furan rings is 1. The fourth-order valence-electron chi connectivity index (χ4n) is 2.07. The molecule has 2 heterocycles. The molecule has 0 amide bonds. The molecule has 19 heavy (non-hydrogen) atoms. The zero-order chi connectivity index (χ0) is 13.2. The Labute approximate surface area is 116 Å². The number of nitrogens with one attached hydrogen (secondary N) is 1. The van der Waals surface area contributed by atoms with E-state index in [9.17, 15) is 0 Å². The van der Waals surface area contributed by atoms with E-state index in [0.29, 0.717) is 11.8 Å². The minimum Gasteiger partial charge on any atom is -0.444 e. The molecule has 3 nitrogen and oxygen atoms in total. The van der Waals surface area contributed by atoms with E-state index in [1.807, 2.05) is 43.5 Å². The van der Waals surface area contributed by atoms with Crippen molar-refractivity contribution in [3.63, 3.8) is 0 Å². The molecule has 0 atom stereocenters. The first-order chi connectivity index (χ1) is 9.25. The normalized spacial score (nSPS) is 10.8. The number of hydrogen-bond acceptors (Lipinski definition) is 3. The molecule has 0 aliphatic carbocycles. The van der Waals surface area contributed by atoms with Crippen LogP contribution in [0.2, 0.25) is 5.22 Å². The van der Waals surface area contributed by atoms with Gasteiger partial charge in [0.25, 0.3) is 0 Å². The van der Waals surface area contributed by atoms with Gasteiger partial charge in [-0.05, 0) is 36.2 Å². The predicted molar refractivity (Wildman–Crippen MR) is 77.5 cm³/mol. The molecule has 0 spiro atoms. The highest BCUT2D eigenvalue weighted by Crippen LogP contribution is 2.30. The summed E-state index contributed by atoms with van der Waals surface area (Å²) in [5.41, 5.74) is 3.94. The molecule has 0 aliphatic rings. The highest BCUT2D eigenvalue weighted by molar-refractivity contribution is 6.30. The van der Waals surface area contributed by atoms with Crippen LogP contribution in [0.4, 0.5) is 5.69 Å². The average Bonchev–Trinajstić information content (AvgIpc) is 2.74. The van der Waals surface area contributed by atoms with Gasteiger partial charge in [-0.25, -0.2) is 0 Å². The van der Waals surface area contributed by atoms with Crippen molar-refractivity contribution >= 4 is 28.3 Å². The number of halogens is 1. The fraction of sp³-hybridized carbons (Fsp3) is 0.133. The summed E-state index contributed by atoms with van der Waals surface area (Å²) < 4.78 is 5.53. The van der Waals surface area contributed by atoms with E-state index in [-0.39, 0.29) is 0 Å². The standard InChI is InChI=1S/C15H13ClN2O/c1-10-6-7-17-9-13(10)18-8-12-11-4-2-3-5-14(11)19-15(12)16/h2-7,9,18H,8H2,1H3. The Kier molecular flexibility index (Phi) is 3.13. The van der Waals surface area contributed by atoms with Gasteiger partial charge in [-0.1, -0.05) is 18.2 Å². The van der Waals surface area contributed by atoms with Crippen LogP contribution in [0.5, 0.6) is 0 Å². The van der Waals surface area contributed by atoms with Crippen LogP contribution in [0.25, 0.3) is 11.0 Å². The summed E-state index contributed by atoms with van der Waals surface area (Å²) in [5, 5.41) is 4.82. The Morgan fingerprint density at radius 1 is 1.26 bits per heavy atom. The fourth-order valence-corrected chi connectivity index (χ4v) is 2.32. The molecular formula is C15H13ClN2O. The molecule has 0 bridgehead atoms. The summed E-state index contributed by atoms with van der Waals surface area (Å²) in [7, 11) is 0. The van der Waals surface area contributed by atoms with Crippen molar-refractivity contribution in [2.75, 3.05) is 5.32 Å². The number of anilines is 1. The maximum Gasteiger partial charge on any atom is 0.199 e. The molecule has 0 saturated heterocycles. The second-order valence-electron chi connectivity index (χ2n) is 4.39. The van der Waals surface area contributed by atoms with Crippen LogP contribution in [0.15, 0.2) is 47.1 Å². The SMILES string of the molecule is Cc1ccncc1NCc1c(Cl)oc2ccccc12. The van der Waals surface area contributed by atoms with Gasteiger partial charge in [-0.2, -0.15) is 0 Å². The van der Waals surface area contributed by atoms with Crippen molar-refractivity contribution in [3.05, 3.63) is 59.1 Å². The lowest BCUT2D eigenvalue weighted by atomic mass is 10.1. The largest absolute Gasteiger partial charge is 0.444 e. The number of nitrogens with zero attached hydrogens (tertiary/aromatic N) is 1. The third kappa shape index (κ3) is 2.29. The molecule has 0 aliphatic heterocycles. The first kappa shape index (κ1) is 12.1. The van der Waals surface area contributed by atoms with Crippen molar-refractivity contribution in [2.24, 2.45) is 0 Å². The van der Waals surface area contributed by atoms with Crippen LogP contribution in [-0.4, -0.2) is 4.98 Å². The molecule has 0 unspecified atom stereocenters. The van der Waals surface area contributed by atoms with E-state index >= 15 is 0 Å². The Morgan fingerprint density at radius 3 is 2.95 bits per heavy atom. The third-order valence-corrected chi connectivity index (χ3v) is 3.45. The third-order valence-electron chi connectivity index (χ3n) is 3.14. The van der Waals surface area contributed by atoms with Crippen LogP contribution in [-0.2, 0) is 6.54 Å². The highest BCUT2D eigenvalue weighted by Gasteiger charge is 2.11. The Morgan fingerprint density at radius 2 is 2.11 bits per heavy atom. The highest BCUT2D eigenvalue weighted by atomic mass is 35.5. The van der Waals surface area contributed by atoms with E-state index < -0.39 is 0 Å². The van der Waals surface area contributed by atoms with Crippen LogP contribution in [0, 0.1) is 6.92 Å². The molecule has 96 valence electrons. The van der Waals surface area contributed by atoms with Crippen LogP contribution in [0.3, 0.4) is 0 Å². The number of pyridine rings is 1. The number of para-hydroxylation sites is 1. The molecular weight excluding hydrogens is 260 g/mol. The first-order valence-electron chi connectivity index (χ1n) is 6.06. The zero-order valence-corrected chi connectivity index (χ0v) is 11.2. The van der Waals surface area contributed by atoms with Crippen molar-refractivity contribution < 1.29 is 4.42 Å². The van der Waals surface area contributed by atoms with Gasteiger partial charge in [0, 0.05) is 23.7 Å². The van der Waals surface area contributed by atoms with Gasteiger partial charge in [0.05, 0.1) is 11.9 Å². The van der Waals surface area contributed by atoms with Gasteiger partial charge >= 0.3 is 0 Å². The number of aromatic nitrogens is 1. The summed E-state index contributed by atoms with van der Waals surface area (Å²) in [6.45, 7) is 2.65. The molecule has 4 heteroatoms. The zero-order valence-electron chi connectivity index (χ0n) is 10.5. The van der Waals surface area contributed by atoms with E-state index in [2.05, 4.69) is 10.3 Å². The molecule has 0 radical (unpaired) electrons. The van der Waals surface area contributed by atoms with Gasteiger partial charge in [0.15, 0.2) is 5.22 Å². The van der Waals surface area contributed by atoms with Crippen LogP contribution < -0.4 is 5.32 Å². The second kappa shape index (κ2) is 4.94. The predicted octanol–water partition coefficient (Wildman–Crippen LogP) is 4.40. The van der Waals surface area contributed by atoms with E-state index in [4.69, 9.17) is 16.0 Å². The molecule has 1 aromatic carbocycles. The summed E-state index contributed by atoms with van der Waals surface area (Å²) in [5.74, 6) is 0. The molecule has 3 aromatic rings. The Bertz CT molecular complexity index is 721. The molecule has 0 fully saturated rings. The maximum absolute atomic E-state index is 6.15. The number of hydrogen-bond donors (Lipinski definition) is 1. The maximum atomic E-state index is 6.15. The van der Waals surface area contributed by atoms with Crippen LogP contribution in [0.1, 0.15) is 11.1 Å². The number of rotatable bonds is 3. The second-order valence-corrected chi connectivity index (χ2v) is 4.74.